The maximum atomic E-state index is 10.6. The van der Waals surface area contributed by atoms with Crippen molar-refractivity contribution in [3.63, 3.8) is 0 Å². The molecule has 0 amide bonds. The number of aromatic carboxylic acids is 1. The SMILES string of the molecule is CSc1cnc2[nH]c(C(=O)O)cc2n1. The van der Waals surface area contributed by atoms with E-state index in [1.54, 1.807) is 6.20 Å². The van der Waals surface area contributed by atoms with E-state index in [4.69, 9.17) is 5.11 Å². The third kappa shape index (κ3) is 1.44. The van der Waals surface area contributed by atoms with Gasteiger partial charge in [-0.3, -0.25) is 0 Å². The van der Waals surface area contributed by atoms with Crippen molar-refractivity contribution in [3.05, 3.63) is 18.0 Å². The topological polar surface area (TPSA) is 78.9 Å². The highest BCUT2D eigenvalue weighted by Crippen LogP contribution is 2.15. The van der Waals surface area contributed by atoms with Crippen LogP contribution in [0.2, 0.25) is 0 Å². The highest BCUT2D eigenvalue weighted by molar-refractivity contribution is 7.98. The van der Waals surface area contributed by atoms with E-state index in [-0.39, 0.29) is 5.69 Å². The van der Waals surface area contributed by atoms with Crippen molar-refractivity contribution in [1.29, 1.82) is 0 Å². The van der Waals surface area contributed by atoms with E-state index >= 15 is 0 Å². The number of H-pyrrole nitrogens is 1. The second kappa shape index (κ2) is 3.30. The van der Waals surface area contributed by atoms with Crippen LogP contribution in [-0.2, 0) is 0 Å². The number of aromatic nitrogens is 3. The molecule has 2 aromatic rings. The van der Waals surface area contributed by atoms with Crippen LogP contribution in [0.4, 0.5) is 0 Å². The molecule has 0 saturated heterocycles. The van der Waals surface area contributed by atoms with E-state index in [1.807, 2.05) is 6.26 Å². The fourth-order valence-electron chi connectivity index (χ4n) is 1.10. The van der Waals surface area contributed by atoms with Crippen LogP contribution in [0.25, 0.3) is 11.2 Å². The molecule has 72 valence electrons. The third-order valence-electron chi connectivity index (χ3n) is 1.75. The Morgan fingerprint density at radius 1 is 1.64 bits per heavy atom. The predicted octanol–water partition coefficient (Wildman–Crippen LogP) is 1.38. The smallest absolute Gasteiger partial charge is 0.352 e. The number of rotatable bonds is 2. The zero-order valence-corrected chi connectivity index (χ0v) is 8.13. The number of aromatic amines is 1. The lowest BCUT2D eigenvalue weighted by molar-refractivity contribution is 0.0691. The number of carbonyl (C=O) groups is 1. The van der Waals surface area contributed by atoms with Gasteiger partial charge < -0.3 is 10.1 Å². The second-order valence-corrected chi connectivity index (χ2v) is 3.46. The minimum atomic E-state index is -1.00. The highest BCUT2D eigenvalue weighted by Gasteiger charge is 2.09. The Hall–Kier alpha value is -1.56. The lowest BCUT2D eigenvalue weighted by Crippen LogP contribution is -1.94. The summed E-state index contributed by atoms with van der Waals surface area (Å²) in [5.74, 6) is -1.00. The normalized spacial score (nSPS) is 10.6. The zero-order chi connectivity index (χ0) is 10.1. The van der Waals surface area contributed by atoms with Crippen molar-refractivity contribution in [3.8, 4) is 0 Å². The average molecular weight is 209 g/mol. The van der Waals surface area contributed by atoms with E-state index in [0.29, 0.717) is 11.2 Å². The van der Waals surface area contributed by atoms with Gasteiger partial charge in [0.05, 0.1) is 6.20 Å². The number of hydrogen-bond donors (Lipinski definition) is 2. The first-order chi connectivity index (χ1) is 6.70. The number of carboxylic acid groups (broad SMARTS) is 1. The number of fused-ring (bicyclic) bond motifs is 1. The average Bonchev–Trinajstić information content (AvgIpc) is 2.59. The summed E-state index contributed by atoms with van der Waals surface area (Å²) < 4.78 is 0. The van der Waals surface area contributed by atoms with Gasteiger partial charge in [0.2, 0.25) is 0 Å². The van der Waals surface area contributed by atoms with Gasteiger partial charge in [-0.05, 0) is 12.3 Å². The Morgan fingerprint density at radius 2 is 2.43 bits per heavy atom. The zero-order valence-electron chi connectivity index (χ0n) is 7.31. The molecule has 0 aliphatic carbocycles. The Labute approximate surface area is 83.6 Å². The molecule has 0 fully saturated rings. The van der Waals surface area contributed by atoms with Crippen molar-refractivity contribution in [1.82, 2.24) is 15.0 Å². The van der Waals surface area contributed by atoms with Gasteiger partial charge in [0.1, 0.15) is 16.2 Å². The molecule has 2 heterocycles. The maximum Gasteiger partial charge on any atom is 0.352 e. The van der Waals surface area contributed by atoms with Gasteiger partial charge in [0, 0.05) is 0 Å². The van der Waals surface area contributed by atoms with Gasteiger partial charge in [-0.1, -0.05) is 0 Å². The van der Waals surface area contributed by atoms with Crippen molar-refractivity contribution in [2.75, 3.05) is 6.26 Å². The van der Waals surface area contributed by atoms with E-state index in [9.17, 15) is 4.79 Å². The maximum absolute atomic E-state index is 10.6. The molecule has 0 radical (unpaired) electrons. The highest BCUT2D eigenvalue weighted by atomic mass is 32.2. The first-order valence-electron chi connectivity index (χ1n) is 3.84. The van der Waals surface area contributed by atoms with Gasteiger partial charge >= 0.3 is 5.97 Å². The summed E-state index contributed by atoms with van der Waals surface area (Å²) in [6.45, 7) is 0. The van der Waals surface area contributed by atoms with Crippen LogP contribution in [0.5, 0.6) is 0 Å². The molecule has 14 heavy (non-hydrogen) atoms. The number of carboxylic acids is 1. The van der Waals surface area contributed by atoms with Crippen molar-refractivity contribution in [2.45, 2.75) is 5.03 Å². The molecule has 2 N–H and O–H groups in total. The summed E-state index contributed by atoms with van der Waals surface area (Å²) in [5, 5.41) is 9.49. The lowest BCUT2D eigenvalue weighted by Gasteiger charge is -1.92. The molecular formula is C8H7N3O2S. The van der Waals surface area contributed by atoms with E-state index < -0.39 is 5.97 Å². The van der Waals surface area contributed by atoms with E-state index in [0.717, 1.165) is 5.03 Å². The van der Waals surface area contributed by atoms with E-state index in [1.165, 1.54) is 17.8 Å². The molecule has 0 atom stereocenters. The van der Waals surface area contributed by atoms with Crippen LogP contribution < -0.4 is 0 Å². The molecule has 0 aliphatic rings. The first kappa shape index (κ1) is 9.01. The number of thioether (sulfide) groups is 1. The summed E-state index contributed by atoms with van der Waals surface area (Å²) in [6.07, 6.45) is 3.50. The van der Waals surface area contributed by atoms with Crippen LogP contribution in [0, 0.1) is 0 Å². The fourth-order valence-corrected chi connectivity index (χ4v) is 1.45. The lowest BCUT2D eigenvalue weighted by atomic mass is 10.4. The van der Waals surface area contributed by atoms with Crippen LogP contribution in [0.15, 0.2) is 17.3 Å². The fraction of sp³-hybridized carbons (Fsp3) is 0.125. The molecule has 5 nitrogen and oxygen atoms in total. The summed E-state index contributed by atoms with van der Waals surface area (Å²) in [7, 11) is 0. The molecule has 0 aromatic carbocycles. The van der Waals surface area contributed by atoms with Crippen LogP contribution in [0.3, 0.4) is 0 Å². The Morgan fingerprint density at radius 3 is 3.07 bits per heavy atom. The summed E-state index contributed by atoms with van der Waals surface area (Å²) in [5.41, 5.74) is 1.19. The number of nitrogens with zero attached hydrogens (tertiary/aromatic N) is 2. The molecule has 2 rings (SSSR count). The van der Waals surface area contributed by atoms with Crippen LogP contribution in [-0.4, -0.2) is 32.3 Å². The Kier molecular flexibility index (Phi) is 2.12. The van der Waals surface area contributed by atoms with Gasteiger partial charge in [0.25, 0.3) is 0 Å². The summed E-state index contributed by atoms with van der Waals surface area (Å²) in [6, 6.07) is 1.48. The quantitative estimate of drug-likeness (QED) is 0.730. The molecule has 6 heteroatoms. The van der Waals surface area contributed by atoms with Crippen LogP contribution >= 0.6 is 11.8 Å². The molecule has 0 unspecified atom stereocenters. The molecule has 0 bridgehead atoms. The molecule has 0 saturated carbocycles. The summed E-state index contributed by atoms with van der Waals surface area (Å²) in [4.78, 5) is 21.6. The Bertz CT molecular complexity index is 494. The van der Waals surface area contributed by atoms with Gasteiger partial charge in [-0.25, -0.2) is 14.8 Å². The van der Waals surface area contributed by atoms with E-state index in [2.05, 4.69) is 15.0 Å². The molecule has 0 spiro atoms. The van der Waals surface area contributed by atoms with Gasteiger partial charge in [-0.2, -0.15) is 0 Å². The van der Waals surface area contributed by atoms with Crippen molar-refractivity contribution in [2.24, 2.45) is 0 Å². The van der Waals surface area contributed by atoms with Crippen LogP contribution in [0.1, 0.15) is 10.5 Å². The number of hydrogen-bond acceptors (Lipinski definition) is 4. The minimum Gasteiger partial charge on any atom is -0.477 e. The largest absolute Gasteiger partial charge is 0.477 e. The first-order valence-corrected chi connectivity index (χ1v) is 5.06. The van der Waals surface area contributed by atoms with Crippen molar-refractivity contribution >= 4 is 28.9 Å². The number of nitrogens with one attached hydrogen (secondary N) is 1. The standard InChI is InChI=1S/C8H7N3O2S/c1-14-6-3-9-7-4(10-6)2-5(11-7)8(12)13/h2-3H,1H3,(H,9,11)(H,12,13). The molecular weight excluding hydrogens is 202 g/mol. The monoisotopic (exact) mass is 209 g/mol. The molecule has 2 aromatic heterocycles. The van der Waals surface area contributed by atoms with Crippen molar-refractivity contribution < 1.29 is 9.90 Å². The minimum absolute atomic E-state index is 0.109. The summed E-state index contributed by atoms with van der Waals surface area (Å²) >= 11 is 1.47. The van der Waals surface area contributed by atoms with Gasteiger partial charge in [0.15, 0.2) is 5.65 Å². The Balaban J connectivity index is 2.60. The third-order valence-corrected chi connectivity index (χ3v) is 2.37. The second-order valence-electron chi connectivity index (χ2n) is 2.63. The molecule has 0 aliphatic heterocycles. The van der Waals surface area contributed by atoms with Gasteiger partial charge in [-0.15, -0.1) is 11.8 Å². The predicted molar refractivity (Wildman–Crippen MR) is 52.6 cm³/mol.